The topological polar surface area (TPSA) is 18.5 Å². The first kappa shape index (κ1) is 31.3. The summed E-state index contributed by atoms with van der Waals surface area (Å²) in [6, 6.07) is 5.67. The van der Waals surface area contributed by atoms with Gasteiger partial charge in [-0.2, -0.15) is 8.78 Å². The lowest BCUT2D eigenvalue weighted by Gasteiger charge is -2.20. The van der Waals surface area contributed by atoms with Crippen molar-refractivity contribution < 1.29 is 53.4 Å². The minimum atomic E-state index is -4.83. The van der Waals surface area contributed by atoms with Gasteiger partial charge < -0.3 is 9.47 Å². The van der Waals surface area contributed by atoms with Crippen molar-refractivity contribution >= 4 is 0 Å². The van der Waals surface area contributed by atoms with Crippen LogP contribution in [-0.2, 0) is 6.11 Å². The Hall–Kier alpha value is -4.66. The highest BCUT2D eigenvalue weighted by Crippen LogP contribution is 2.38. The first-order chi connectivity index (χ1) is 20.3. The minimum absolute atomic E-state index is 0.0301. The number of rotatable bonds is 8. The number of benzene rings is 4. The predicted octanol–water partition coefficient (Wildman–Crippen LogP) is 9.17. The van der Waals surface area contributed by atoms with Crippen LogP contribution in [0.4, 0.5) is 43.9 Å². The molecule has 0 aliphatic heterocycles. The molecule has 4 rings (SSSR count). The van der Waals surface area contributed by atoms with Gasteiger partial charge in [-0.25, -0.2) is 35.1 Å². The summed E-state index contributed by atoms with van der Waals surface area (Å²) in [7, 11) is 0. The molecule has 0 atom stereocenters. The Kier molecular flexibility index (Phi) is 9.23. The Balaban J connectivity index is 1.58. The van der Waals surface area contributed by atoms with Gasteiger partial charge in [-0.1, -0.05) is 31.3 Å². The van der Waals surface area contributed by atoms with Gasteiger partial charge in [0.05, 0.1) is 12.2 Å². The van der Waals surface area contributed by atoms with Crippen LogP contribution in [0.25, 0.3) is 11.1 Å². The van der Waals surface area contributed by atoms with Gasteiger partial charge in [-0.15, -0.1) is 0 Å². The van der Waals surface area contributed by atoms with Crippen molar-refractivity contribution in [3.8, 4) is 34.5 Å². The normalized spacial score (nSPS) is 11.2. The summed E-state index contributed by atoms with van der Waals surface area (Å²) in [6.45, 7) is 2.17. The highest BCUT2D eigenvalue weighted by Gasteiger charge is 2.41. The van der Waals surface area contributed by atoms with E-state index >= 15 is 0 Å². The summed E-state index contributed by atoms with van der Waals surface area (Å²) in [4.78, 5) is 0. The molecule has 0 aliphatic rings. The summed E-state index contributed by atoms with van der Waals surface area (Å²) in [5.74, 6) is -9.37. The lowest BCUT2D eigenvalue weighted by Crippen LogP contribution is -2.25. The lowest BCUT2D eigenvalue weighted by molar-refractivity contribution is -0.189. The number of alkyl halides is 2. The second-order valence-corrected chi connectivity index (χ2v) is 9.04. The molecule has 0 aromatic heterocycles. The van der Waals surface area contributed by atoms with Crippen LogP contribution in [0.15, 0.2) is 54.6 Å². The maximum absolute atomic E-state index is 14.9. The van der Waals surface area contributed by atoms with Gasteiger partial charge in [0.15, 0.2) is 17.5 Å². The van der Waals surface area contributed by atoms with Crippen LogP contribution >= 0.6 is 0 Å². The zero-order valence-electron chi connectivity index (χ0n) is 21.9. The molecule has 0 N–H and O–H groups in total. The van der Waals surface area contributed by atoms with E-state index in [0.29, 0.717) is 18.6 Å². The molecule has 0 bridgehead atoms. The van der Waals surface area contributed by atoms with Crippen LogP contribution in [0.2, 0.25) is 0 Å². The van der Waals surface area contributed by atoms with Crippen LogP contribution in [0, 0.1) is 58.4 Å². The number of hydrogen-bond donors (Lipinski definition) is 0. The molecule has 43 heavy (non-hydrogen) atoms. The minimum Gasteiger partial charge on any atom is -0.493 e. The molecular weight excluding hydrogens is 594 g/mol. The fourth-order valence-electron chi connectivity index (χ4n) is 3.85. The molecule has 224 valence electrons. The van der Waals surface area contributed by atoms with E-state index in [9.17, 15) is 43.9 Å². The molecule has 4 aromatic carbocycles. The number of unbranched alkanes of at least 4 members (excludes halogenated alkanes) is 1. The average molecular weight is 612 g/mol. The molecule has 12 heteroatoms. The van der Waals surface area contributed by atoms with Gasteiger partial charge in [0, 0.05) is 35.4 Å². The zero-order valence-corrected chi connectivity index (χ0v) is 21.9. The second-order valence-electron chi connectivity index (χ2n) is 9.04. The SMILES string of the molecule is CCCCOc1cc(F)c(C#Cc2ccc(-c3cc(F)c(C(F)(F)Oc4cc(F)c(F)c(F)c4)c(F)c3)c(F)c2)c(F)c1. The van der Waals surface area contributed by atoms with E-state index in [2.05, 4.69) is 16.6 Å². The van der Waals surface area contributed by atoms with Crippen LogP contribution < -0.4 is 9.47 Å². The van der Waals surface area contributed by atoms with Crippen LogP contribution in [0.3, 0.4) is 0 Å². The third kappa shape index (κ3) is 7.05. The third-order valence-electron chi connectivity index (χ3n) is 5.93. The van der Waals surface area contributed by atoms with Crippen molar-refractivity contribution in [2.45, 2.75) is 25.9 Å². The Morgan fingerprint density at radius 2 is 1.23 bits per heavy atom. The standard InChI is InChI=1S/C31H18F10O2/c1-2-3-8-42-18-12-23(33)21(24(34)13-18)7-5-16-4-6-20(22(32)9-16)17-10-25(35)29(26(36)11-17)31(40,41)43-19-14-27(37)30(39)28(38)15-19/h4,6,9-15H,2-3,8H2,1H3. The maximum atomic E-state index is 14.9. The number of hydrogen-bond acceptors (Lipinski definition) is 2. The van der Waals surface area contributed by atoms with Crippen molar-refractivity contribution in [1.82, 2.24) is 0 Å². The first-order valence-electron chi connectivity index (χ1n) is 12.5. The third-order valence-corrected chi connectivity index (χ3v) is 5.93. The zero-order chi connectivity index (χ0) is 31.5. The molecule has 4 aromatic rings. The Morgan fingerprint density at radius 1 is 0.651 bits per heavy atom. The molecule has 0 heterocycles. The average Bonchev–Trinajstić information content (AvgIpc) is 2.90. The van der Waals surface area contributed by atoms with Gasteiger partial charge in [0.2, 0.25) is 0 Å². The molecule has 0 saturated heterocycles. The Labute approximate surface area is 238 Å². The maximum Gasteiger partial charge on any atom is 0.432 e. The van der Waals surface area contributed by atoms with Crippen molar-refractivity contribution in [3.05, 3.63) is 118 Å². The largest absolute Gasteiger partial charge is 0.493 e. The van der Waals surface area contributed by atoms with Crippen molar-refractivity contribution in [2.24, 2.45) is 0 Å². The molecule has 0 saturated carbocycles. The summed E-state index contributed by atoms with van der Waals surface area (Å²) < 4.78 is 151. The number of halogens is 10. The van der Waals surface area contributed by atoms with E-state index in [0.717, 1.165) is 36.8 Å². The molecule has 0 radical (unpaired) electrons. The van der Waals surface area contributed by atoms with E-state index in [1.807, 2.05) is 6.92 Å². The van der Waals surface area contributed by atoms with E-state index in [-0.39, 0.29) is 30.1 Å². The van der Waals surface area contributed by atoms with Gasteiger partial charge in [0.25, 0.3) is 0 Å². The summed E-state index contributed by atoms with van der Waals surface area (Å²) in [6.07, 6.45) is -3.33. The summed E-state index contributed by atoms with van der Waals surface area (Å²) >= 11 is 0. The fourth-order valence-corrected chi connectivity index (χ4v) is 3.85. The smallest absolute Gasteiger partial charge is 0.432 e. The highest BCUT2D eigenvalue weighted by molar-refractivity contribution is 5.66. The molecule has 0 aliphatic carbocycles. The van der Waals surface area contributed by atoms with Crippen molar-refractivity contribution in [3.63, 3.8) is 0 Å². The van der Waals surface area contributed by atoms with Crippen LogP contribution in [0.1, 0.15) is 36.5 Å². The highest BCUT2D eigenvalue weighted by atomic mass is 19.3. The molecular formula is C31H18F10O2. The quantitative estimate of drug-likeness (QED) is 0.0855. The Bertz CT molecular complexity index is 1670. The summed E-state index contributed by atoms with van der Waals surface area (Å²) in [5.41, 5.74) is -3.63. The van der Waals surface area contributed by atoms with Gasteiger partial charge in [-0.3, -0.25) is 0 Å². The molecule has 0 fully saturated rings. The van der Waals surface area contributed by atoms with E-state index < -0.39 is 80.6 Å². The van der Waals surface area contributed by atoms with Crippen molar-refractivity contribution in [2.75, 3.05) is 6.61 Å². The van der Waals surface area contributed by atoms with E-state index in [1.165, 1.54) is 0 Å². The van der Waals surface area contributed by atoms with Crippen molar-refractivity contribution in [1.29, 1.82) is 0 Å². The van der Waals surface area contributed by atoms with Gasteiger partial charge in [-0.05, 0) is 36.2 Å². The molecule has 0 amide bonds. The van der Waals surface area contributed by atoms with Gasteiger partial charge >= 0.3 is 6.11 Å². The monoisotopic (exact) mass is 612 g/mol. The van der Waals surface area contributed by atoms with Gasteiger partial charge in [0.1, 0.15) is 46.1 Å². The molecule has 0 spiro atoms. The Morgan fingerprint density at radius 3 is 1.79 bits per heavy atom. The number of ether oxygens (including phenoxy) is 2. The second kappa shape index (κ2) is 12.7. The lowest BCUT2D eigenvalue weighted by atomic mass is 10.0. The summed E-state index contributed by atoms with van der Waals surface area (Å²) in [5, 5.41) is 0. The van der Waals surface area contributed by atoms with Crippen LogP contribution in [-0.4, -0.2) is 6.61 Å². The first-order valence-corrected chi connectivity index (χ1v) is 12.5. The van der Waals surface area contributed by atoms with Crippen LogP contribution in [0.5, 0.6) is 11.5 Å². The molecule has 2 nitrogen and oxygen atoms in total. The van der Waals surface area contributed by atoms with E-state index in [4.69, 9.17) is 4.74 Å². The predicted molar refractivity (Wildman–Crippen MR) is 135 cm³/mol. The fraction of sp³-hybridized carbons (Fsp3) is 0.161. The van der Waals surface area contributed by atoms with E-state index in [1.54, 1.807) is 0 Å². The molecule has 0 unspecified atom stereocenters.